The maximum atomic E-state index is 11.1. The monoisotopic (exact) mass is 221 g/mol. The Balaban J connectivity index is 2.07. The summed E-state index contributed by atoms with van der Waals surface area (Å²) >= 11 is 0. The molecule has 0 saturated heterocycles. The standard InChI is InChI=1S/C13H19NO2/c1-10(15)12-8-9-13(16-12)14(2)11-6-4-3-5-7-11/h8-9,11H,3-7H2,1-2H3. The van der Waals surface area contributed by atoms with E-state index in [-0.39, 0.29) is 5.78 Å². The lowest BCUT2D eigenvalue weighted by molar-refractivity contribution is 0.0987. The van der Waals surface area contributed by atoms with Gasteiger partial charge in [0.05, 0.1) is 0 Å². The molecular formula is C13H19NO2. The van der Waals surface area contributed by atoms with E-state index in [1.54, 1.807) is 6.07 Å². The Hall–Kier alpha value is -1.25. The number of carbonyl (C=O) groups is 1. The molecule has 1 heterocycles. The molecule has 0 aromatic carbocycles. The van der Waals surface area contributed by atoms with E-state index in [1.165, 1.54) is 39.0 Å². The molecule has 3 nitrogen and oxygen atoms in total. The van der Waals surface area contributed by atoms with Gasteiger partial charge in [-0.1, -0.05) is 19.3 Å². The highest BCUT2D eigenvalue weighted by Gasteiger charge is 2.20. The highest BCUT2D eigenvalue weighted by Crippen LogP contribution is 2.27. The van der Waals surface area contributed by atoms with Crippen molar-refractivity contribution in [3.05, 3.63) is 17.9 Å². The first kappa shape index (κ1) is 11.2. The zero-order valence-electron chi connectivity index (χ0n) is 10.0. The van der Waals surface area contributed by atoms with E-state index in [1.807, 2.05) is 6.07 Å². The lowest BCUT2D eigenvalue weighted by atomic mass is 9.94. The summed E-state index contributed by atoms with van der Waals surface area (Å²) in [6, 6.07) is 4.22. The van der Waals surface area contributed by atoms with E-state index < -0.39 is 0 Å². The largest absolute Gasteiger partial charge is 0.437 e. The molecule has 0 radical (unpaired) electrons. The minimum absolute atomic E-state index is 0.0108. The number of hydrogen-bond donors (Lipinski definition) is 0. The minimum Gasteiger partial charge on any atom is -0.437 e. The fourth-order valence-corrected chi connectivity index (χ4v) is 2.35. The van der Waals surface area contributed by atoms with Gasteiger partial charge < -0.3 is 9.32 Å². The Kier molecular flexibility index (Phi) is 3.32. The zero-order valence-corrected chi connectivity index (χ0v) is 10.0. The lowest BCUT2D eigenvalue weighted by Gasteiger charge is -2.30. The molecule has 0 spiro atoms. The third kappa shape index (κ3) is 2.29. The fourth-order valence-electron chi connectivity index (χ4n) is 2.35. The van der Waals surface area contributed by atoms with Crippen LogP contribution in [-0.4, -0.2) is 18.9 Å². The molecule has 16 heavy (non-hydrogen) atoms. The molecule has 0 atom stereocenters. The second kappa shape index (κ2) is 4.73. The number of rotatable bonds is 3. The summed E-state index contributed by atoms with van der Waals surface area (Å²) in [5.41, 5.74) is 0. The topological polar surface area (TPSA) is 33.5 Å². The van der Waals surface area contributed by atoms with Crippen LogP contribution in [0.15, 0.2) is 16.5 Å². The first-order valence-corrected chi connectivity index (χ1v) is 6.02. The summed E-state index contributed by atoms with van der Waals surface area (Å²) in [5, 5.41) is 0. The Morgan fingerprint density at radius 2 is 2.00 bits per heavy atom. The van der Waals surface area contributed by atoms with Crippen LogP contribution in [0.25, 0.3) is 0 Å². The van der Waals surface area contributed by atoms with E-state index in [0.29, 0.717) is 11.8 Å². The summed E-state index contributed by atoms with van der Waals surface area (Å²) in [6.07, 6.45) is 6.41. The molecule has 1 fully saturated rings. The van der Waals surface area contributed by atoms with Crippen LogP contribution in [0, 0.1) is 0 Å². The van der Waals surface area contributed by atoms with Crippen molar-refractivity contribution in [2.24, 2.45) is 0 Å². The van der Waals surface area contributed by atoms with Gasteiger partial charge in [0.1, 0.15) is 0 Å². The van der Waals surface area contributed by atoms with Gasteiger partial charge in [0, 0.05) is 26.1 Å². The predicted octanol–water partition coefficient (Wildman–Crippen LogP) is 3.25. The van der Waals surface area contributed by atoms with E-state index in [9.17, 15) is 4.79 Å². The number of anilines is 1. The normalized spacial score (nSPS) is 17.4. The third-order valence-electron chi connectivity index (χ3n) is 3.41. The Bertz CT molecular complexity index is 364. The van der Waals surface area contributed by atoms with Crippen LogP contribution < -0.4 is 4.90 Å². The molecule has 0 bridgehead atoms. The molecule has 1 aromatic rings. The molecule has 88 valence electrons. The van der Waals surface area contributed by atoms with Crippen LogP contribution >= 0.6 is 0 Å². The van der Waals surface area contributed by atoms with Gasteiger partial charge in [-0.15, -0.1) is 0 Å². The van der Waals surface area contributed by atoms with Gasteiger partial charge in [0.15, 0.2) is 17.4 Å². The molecule has 0 unspecified atom stereocenters. The lowest BCUT2D eigenvalue weighted by Crippen LogP contribution is -2.32. The van der Waals surface area contributed by atoms with Crippen LogP contribution in [0.1, 0.15) is 49.6 Å². The number of carbonyl (C=O) groups excluding carboxylic acids is 1. The predicted molar refractivity (Wildman–Crippen MR) is 64.0 cm³/mol. The zero-order chi connectivity index (χ0) is 11.5. The van der Waals surface area contributed by atoms with Crippen molar-refractivity contribution in [2.75, 3.05) is 11.9 Å². The Labute approximate surface area is 96.4 Å². The number of nitrogens with zero attached hydrogens (tertiary/aromatic N) is 1. The van der Waals surface area contributed by atoms with Gasteiger partial charge in [-0.05, 0) is 18.9 Å². The van der Waals surface area contributed by atoms with Crippen LogP contribution in [0.4, 0.5) is 5.88 Å². The van der Waals surface area contributed by atoms with Crippen molar-refractivity contribution in [1.82, 2.24) is 0 Å². The van der Waals surface area contributed by atoms with Gasteiger partial charge in [-0.25, -0.2) is 0 Å². The van der Waals surface area contributed by atoms with E-state index in [4.69, 9.17) is 4.42 Å². The van der Waals surface area contributed by atoms with Crippen LogP contribution in [0.2, 0.25) is 0 Å². The molecule has 2 rings (SSSR count). The molecule has 0 amide bonds. The maximum absolute atomic E-state index is 11.1. The van der Waals surface area contributed by atoms with E-state index in [0.717, 1.165) is 5.88 Å². The summed E-state index contributed by atoms with van der Waals surface area (Å²) in [6.45, 7) is 1.53. The molecule has 3 heteroatoms. The Morgan fingerprint density at radius 3 is 2.56 bits per heavy atom. The van der Waals surface area contributed by atoms with Crippen molar-refractivity contribution in [1.29, 1.82) is 0 Å². The summed E-state index contributed by atoms with van der Waals surface area (Å²) < 4.78 is 5.54. The molecular weight excluding hydrogens is 202 g/mol. The SMILES string of the molecule is CC(=O)c1ccc(N(C)C2CCCCC2)o1. The average molecular weight is 221 g/mol. The molecule has 1 aliphatic rings. The number of hydrogen-bond acceptors (Lipinski definition) is 3. The number of furan rings is 1. The van der Waals surface area contributed by atoms with Crippen molar-refractivity contribution < 1.29 is 9.21 Å². The van der Waals surface area contributed by atoms with Crippen LogP contribution in [0.5, 0.6) is 0 Å². The van der Waals surface area contributed by atoms with Gasteiger partial charge in [-0.2, -0.15) is 0 Å². The maximum Gasteiger partial charge on any atom is 0.196 e. The van der Waals surface area contributed by atoms with Crippen LogP contribution in [0.3, 0.4) is 0 Å². The Morgan fingerprint density at radius 1 is 1.31 bits per heavy atom. The second-order valence-corrected chi connectivity index (χ2v) is 4.60. The summed E-state index contributed by atoms with van der Waals surface area (Å²) in [7, 11) is 2.05. The molecule has 1 saturated carbocycles. The fraction of sp³-hybridized carbons (Fsp3) is 0.615. The average Bonchev–Trinajstić information content (AvgIpc) is 2.78. The number of Topliss-reactive ketones (excluding diaryl/α,β-unsaturated/α-hetero) is 1. The van der Waals surface area contributed by atoms with Crippen molar-refractivity contribution in [2.45, 2.75) is 45.1 Å². The molecule has 0 aliphatic heterocycles. The van der Waals surface area contributed by atoms with Crippen molar-refractivity contribution >= 4 is 11.7 Å². The van der Waals surface area contributed by atoms with E-state index >= 15 is 0 Å². The van der Waals surface area contributed by atoms with Crippen LogP contribution in [-0.2, 0) is 0 Å². The first-order chi connectivity index (χ1) is 7.68. The smallest absolute Gasteiger partial charge is 0.196 e. The van der Waals surface area contributed by atoms with E-state index in [2.05, 4.69) is 11.9 Å². The van der Waals surface area contributed by atoms with Crippen molar-refractivity contribution in [3.63, 3.8) is 0 Å². The minimum atomic E-state index is -0.0108. The summed E-state index contributed by atoms with van der Waals surface area (Å²) in [4.78, 5) is 13.3. The second-order valence-electron chi connectivity index (χ2n) is 4.60. The summed E-state index contributed by atoms with van der Waals surface area (Å²) in [5.74, 6) is 1.26. The third-order valence-corrected chi connectivity index (χ3v) is 3.41. The highest BCUT2D eigenvalue weighted by molar-refractivity contribution is 5.91. The van der Waals surface area contributed by atoms with Gasteiger partial charge in [-0.3, -0.25) is 4.79 Å². The molecule has 1 aliphatic carbocycles. The number of ketones is 1. The molecule has 0 N–H and O–H groups in total. The quantitative estimate of drug-likeness (QED) is 0.735. The van der Waals surface area contributed by atoms with Crippen molar-refractivity contribution in [3.8, 4) is 0 Å². The highest BCUT2D eigenvalue weighted by atomic mass is 16.4. The van der Waals surface area contributed by atoms with Gasteiger partial charge >= 0.3 is 0 Å². The van der Waals surface area contributed by atoms with Gasteiger partial charge in [0.2, 0.25) is 0 Å². The van der Waals surface area contributed by atoms with Gasteiger partial charge in [0.25, 0.3) is 0 Å². The first-order valence-electron chi connectivity index (χ1n) is 6.02. The molecule has 1 aromatic heterocycles.